The number of rotatable bonds is 7. The number of amides is 1. The molecule has 1 N–H and O–H groups in total. The van der Waals surface area contributed by atoms with Crippen LogP contribution in [0.5, 0.6) is 11.5 Å². The molecule has 1 aromatic rings. The summed E-state index contributed by atoms with van der Waals surface area (Å²) in [6.07, 6.45) is 0.486. The van der Waals surface area contributed by atoms with Crippen LogP contribution in [0.4, 0.5) is 0 Å². The van der Waals surface area contributed by atoms with E-state index in [9.17, 15) is 9.59 Å². The molecule has 22 heavy (non-hydrogen) atoms. The molecular weight excluding hydrogens is 290 g/mol. The van der Waals surface area contributed by atoms with Crippen molar-refractivity contribution in [1.29, 1.82) is 0 Å². The summed E-state index contributed by atoms with van der Waals surface area (Å²) in [5.74, 6) is 0.208. The first-order valence-electron chi connectivity index (χ1n) is 6.93. The van der Waals surface area contributed by atoms with E-state index in [1.54, 1.807) is 25.3 Å². The van der Waals surface area contributed by atoms with Crippen LogP contribution in [-0.4, -0.2) is 52.0 Å². The van der Waals surface area contributed by atoms with E-state index in [4.69, 9.17) is 18.9 Å². The van der Waals surface area contributed by atoms with Gasteiger partial charge in [-0.3, -0.25) is 4.79 Å². The van der Waals surface area contributed by atoms with Gasteiger partial charge in [0.25, 0.3) is 5.91 Å². The third kappa shape index (κ3) is 3.88. The fraction of sp³-hybridized carbons (Fsp3) is 0.467. The van der Waals surface area contributed by atoms with Crippen molar-refractivity contribution < 1.29 is 28.5 Å². The van der Waals surface area contributed by atoms with Crippen LogP contribution in [0.15, 0.2) is 18.2 Å². The number of hydrogen-bond acceptors (Lipinski definition) is 6. The lowest BCUT2D eigenvalue weighted by Crippen LogP contribution is -2.37. The fourth-order valence-electron chi connectivity index (χ4n) is 2.03. The normalized spacial score (nSPS) is 17.0. The van der Waals surface area contributed by atoms with Crippen molar-refractivity contribution in [3.63, 3.8) is 0 Å². The van der Waals surface area contributed by atoms with Crippen molar-refractivity contribution in [2.45, 2.75) is 12.5 Å². The molecule has 1 saturated heterocycles. The molecule has 1 fully saturated rings. The second-order valence-corrected chi connectivity index (χ2v) is 4.69. The fourth-order valence-corrected chi connectivity index (χ4v) is 2.03. The average molecular weight is 309 g/mol. The number of nitrogens with one attached hydrogen (secondary N) is 1. The molecule has 1 aliphatic heterocycles. The predicted molar refractivity (Wildman–Crippen MR) is 77.2 cm³/mol. The number of cyclic esters (lactones) is 1. The van der Waals surface area contributed by atoms with E-state index in [0.717, 1.165) is 0 Å². The minimum atomic E-state index is -0.587. The van der Waals surface area contributed by atoms with Crippen LogP contribution in [0.1, 0.15) is 16.8 Å². The summed E-state index contributed by atoms with van der Waals surface area (Å²) < 4.78 is 20.4. The molecule has 7 nitrogen and oxygen atoms in total. The van der Waals surface area contributed by atoms with Crippen molar-refractivity contribution in [2.75, 3.05) is 34.0 Å². The predicted octanol–water partition coefficient (Wildman–Crippen LogP) is 0.766. The van der Waals surface area contributed by atoms with E-state index in [0.29, 0.717) is 43.3 Å². The van der Waals surface area contributed by atoms with Crippen LogP contribution in [0, 0.1) is 0 Å². The van der Waals surface area contributed by atoms with Gasteiger partial charge < -0.3 is 24.3 Å². The zero-order valence-corrected chi connectivity index (χ0v) is 12.6. The molecular formula is C15H19NO6. The number of benzene rings is 1. The zero-order chi connectivity index (χ0) is 15.9. The summed E-state index contributed by atoms with van der Waals surface area (Å²) in [6, 6.07) is 4.24. The molecule has 1 aromatic carbocycles. The minimum Gasteiger partial charge on any atom is -0.493 e. The highest BCUT2D eigenvalue weighted by atomic mass is 16.5. The molecule has 1 atom stereocenters. The minimum absolute atomic E-state index is 0.333. The lowest BCUT2D eigenvalue weighted by molar-refractivity contribution is -0.139. The van der Waals surface area contributed by atoms with E-state index < -0.39 is 12.0 Å². The third-order valence-corrected chi connectivity index (χ3v) is 3.21. The van der Waals surface area contributed by atoms with Gasteiger partial charge in [0.1, 0.15) is 12.6 Å². The van der Waals surface area contributed by atoms with Gasteiger partial charge in [0.2, 0.25) is 0 Å². The van der Waals surface area contributed by atoms with Crippen molar-refractivity contribution in [2.24, 2.45) is 0 Å². The number of ether oxygens (including phenoxy) is 4. The average Bonchev–Trinajstić information content (AvgIpc) is 2.92. The van der Waals surface area contributed by atoms with Gasteiger partial charge in [-0.05, 0) is 18.2 Å². The standard InChI is InChI=1S/C15H19NO6/c1-19-7-8-21-12-4-3-10(9-13(12)20-2)14(17)16-11-5-6-22-15(11)18/h3-4,9,11H,5-8H2,1-2H3,(H,16,17). The highest BCUT2D eigenvalue weighted by Crippen LogP contribution is 2.28. The maximum Gasteiger partial charge on any atom is 0.328 e. The zero-order valence-electron chi connectivity index (χ0n) is 12.6. The van der Waals surface area contributed by atoms with Crippen molar-refractivity contribution in [3.8, 4) is 11.5 Å². The Morgan fingerprint density at radius 1 is 1.32 bits per heavy atom. The molecule has 2 rings (SSSR count). The highest BCUT2D eigenvalue weighted by molar-refractivity contribution is 5.97. The van der Waals surface area contributed by atoms with Gasteiger partial charge in [0, 0.05) is 19.1 Å². The quantitative estimate of drug-likeness (QED) is 0.591. The summed E-state index contributed by atoms with van der Waals surface area (Å²) in [5.41, 5.74) is 0.385. The molecule has 0 bridgehead atoms. The van der Waals surface area contributed by atoms with Gasteiger partial charge in [-0.25, -0.2) is 4.79 Å². The van der Waals surface area contributed by atoms with E-state index in [-0.39, 0.29) is 5.91 Å². The number of esters is 1. The van der Waals surface area contributed by atoms with Crippen molar-refractivity contribution >= 4 is 11.9 Å². The SMILES string of the molecule is COCCOc1ccc(C(=O)NC2CCOC2=O)cc1OC. The maximum atomic E-state index is 12.2. The number of carbonyl (C=O) groups excluding carboxylic acids is 2. The topological polar surface area (TPSA) is 83.1 Å². The second kappa shape index (κ2) is 7.65. The van der Waals surface area contributed by atoms with E-state index in [1.807, 2.05) is 0 Å². The van der Waals surface area contributed by atoms with Crippen LogP contribution in [0.2, 0.25) is 0 Å². The lowest BCUT2D eigenvalue weighted by Gasteiger charge is -2.13. The molecule has 0 aliphatic carbocycles. The monoisotopic (exact) mass is 309 g/mol. The maximum absolute atomic E-state index is 12.2. The second-order valence-electron chi connectivity index (χ2n) is 4.69. The molecule has 0 aromatic heterocycles. The van der Waals surface area contributed by atoms with Crippen molar-refractivity contribution in [3.05, 3.63) is 23.8 Å². The summed E-state index contributed by atoms with van der Waals surface area (Å²) in [5, 5.41) is 2.64. The molecule has 120 valence electrons. The Morgan fingerprint density at radius 2 is 2.14 bits per heavy atom. The highest BCUT2D eigenvalue weighted by Gasteiger charge is 2.28. The van der Waals surface area contributed by atoms with Gasteiger partial charge >= 0.3 is 5.97 Å². The van der Waals surface area contributed by atoms with Crippen molar-refractivity contribution in [1.82, 2.24) is 5.32 Å². The van der Waals surface area contributed by atoms with Gasteiger partial charge in [0.05, 0.1) is 20.3 Å². The Morgan fingerprint density at radius 3 is 2.77 bits per heavy atom. The summed E-state index contributed by atoms with van der Waals surface area (Å²) in [7, 11) is 3.08. The first-order chi connectivity index (χ1) is 10.7. The Kier molecular flexibility index (Phi) is 5.60. The lowest BCUT2D eigenvalue weighted by atomic mass is 10.1. The summed E-state index contributed by atoms with van der Waals surface area (Å²) in [6.45, 7) is 1.17. The number of hydrogen-bond donors (Lipinski definition) is 1. The molecule has 0 radical (unpaired) electrons. The Bertz CT molecular complexity index is 545. The molecule has 0 saturated carbocycles. The van der Waals surface area contributed by atoms with Gasteiger partial charge in [0.15, 0.2) is 11.5 Å². The summed E-state index contributed by atoms with van der Waals surface area (Å²) in [4.78, 5) is 23.5. The van der Waals surface area contributed by atoms with E-state index >= 15 is 0 Å². The van der Waals surface area contributed by atoms with Crippen LogP contribution in [-0.2, 0) is 14.3 Å². The first kappa shape index (κ1) is 16.1. The molecule has 1 aliphatic rings. The number of carbonyl (C=O) groups is 2. The van der Waals surface area contributed by atoms with Gasteiger partial charge in [-0.2, -0.15) is 0 Å². The first-order valence-corrected chi connectivity index (χ1v) is 6.93. The molecule has 1 heterocycles. The van der Waals surface area contributed by atoms with Crippen LogP contribution < -0.4 is 14.8 Å². The molecule has 1 unspecified atom stereocenters. The van der Waals surface area contributed by atoms with Crippen LogP contribution in [0.25, 0.3) is 0 Å². The summed E-state index contributed by atoms with van der Waals surface area (Å²) >= 11 is 0. The molecule has 7 heteroatoms. The molecule has 0 spiro atoms. The van der Waals surface area contributed by atoms with Gasteiger partial charge in [-0.1, -0.05) is 0 Å². The van der Waals surface area contributed by atoms with Gasteiger partial charge in [-0.15, -0.1) is 0 Å². The number of methoxy groups -OCH3 is 2. The largest absolute Gasteiger partial charge is 0.493 e. The van der Waals surface area contributed by atoms with Crippen LogP contribution in [0.3, 0.4) is 0 Å². The Labute approximate surface area is 128 Å². The van der Waals surface area contributed by atoms with Crippen LogP contribution >= 0.6 is 0 Å². The van der Waals surface area contributed by atoms with E-state index in [1.165, 1.54) is 7.11 Å². The molecule has 1 amide bonds. The Hall–Kier alpha value is -2.28. The smallest absolute Gasteiger partial charge is 0.328 e. The third-order valence-electron chi connectivity index (χ3n) is 3.21. The van der Waals surface area contributed by atoms with E-state index in [2.05, 4.69) is 5.32 Å². The Balaban J connectivity index is 2.04.